The van der Waals surface area contributed by atoms with E-state index >= 15 is 0 Å². The van der Waals surface area contributed by atoms with E-state index in [1.807, 2.05) is 29.2 Å². The van der Waals surface area contributed by atoms with Gasteiger partial charge in [0.1, 0.15) is 6.33 Å². The van der Waals surface area contributed by atoms with Crippen LogP contribution in [0.2, 0.25) is 0 Å². The number of hydrogen-bond acceptors (Lipinski definition) is 6. The van der Waals surface area contributed by atoms with E-state index in [9.17, 15) is 4.79 Å². The van der Waals surface area contributed by atoms with E-state index in [1.54, 1.807) is 11.0 Å². The van der Waals surface area contributed by atoms with Crippen molar-refractivity contribution >= 4 is 22.9 Å². The molecule has 1 aromatic carbocycles. The number of nitrogens with zero attached hydrogens (tertiary/aromatic N) is 7. The monoisotopic (exact) mass is 379 g/mol. The number of benzene rings is 1. The Hall–Kier alpha value is -3.03. The van der Waals surface area contributed by atoms with E-state index in [0.717, 1.165) is 24.6 Å². The Balaban J connectivity index is 1.56. The second-order valence-electron chi connectivity index (χ2n) is 7.67. The first kappa shape index (κ1) is 18.3. The highest BCUT2D eigenvalue weighted by Crippen LogP contribution is 2.24. The van der Waals surface area contributed by atoms with E-state index in [-0.39, 0.29) is 5.91 Å². The SMILES string of the molecule is Cc1ccc(-n2nnc3c(N4CCN(C(=O)CC(C)C)CC4)ncnc32)cc1. The summed E-state index contributed by atoms with van der Waals surface area (Å²) in [5, 5.41) is 8.65. The molecule has 4 rings (SSSR count). The lowest BCUT2D eigenvalue weighted by Gasteiger charge is -2.35. The van der Waals surface area contributed by atoms with Crippen LogP contribution in [-0.2, 0) is 4.79 Å². The quantitative estimate of drug-likeness (QED) is 0.691. The third kappa shape index (κ3) is 3.54. The number of aromatic nitrogens is 5. The van der Waals surface area contributed by atoms with Crippen molar-refractivity contribution in [3.63, 3.8) is 0 Å². The van der Waals surface area contributed by atoms with Gasteiger partial charge >= 0.3 is 0 Å². The Labute approximate surface area is 164 Å². The van der Waals surface area contributed by atoms with Crippen LogP contribution in [0.3, 0.4) is 0 Å². The maximum atomic E-state index is 12.3. The van der Waals surface area contributed by atoms with E-state index < -0.39 is 0 Å². The number of anilines is 1. The summed E-state index contributed by atoms with van der Waals surface area (Å²) in [6.07, 6.45) is 2.16. The topological polar surface area (TPSA) is 80.0 Å². The molecule has 8 nitrogen and oxygen atoms in total. The van der Waals surface area contributed by atoms with Crippen molar-refractivity contribution in [1.82, 2.24) is 29.9 Å². The molecule has 0 N–H and O–H groups in total. The van der Waals surface area contributed by atoms with Crippen molar-refractivity contribution < 1.29 is 4.79 Å². The molecule has 2 aromatic heterocycles. The molecule has 3 aromatic rings. The second kappa shape index (κ2) is 7.53. The van der Waals surface area contributed by atoms with Crippen molar-refractivity contribution in [3.05, 3.63) is 36.2 Å². The molecule has 0 spiro atoms. The second-order valence-corrected chi connectivity index (χ2v) is 7.67. The van der Waals surface area contributed by atoms with Crippen LogP contribution in [0.15, 0.2) is 30.6 Å². The molecule has 0 unspecified atom stereocenters. The molecule has 1 aliphatic heterocycles. The number of carbonyl (C=O) groups is 1. The summed E-state index contributed by atoms with van der Waals surface area (Å²) in [6, 6.07) is 8.09. The lowest BCUT2D eigenvalue weighted by atomic mass is 10.1. The lowest BCUT2D eigenvalue weighted by Crippen LogP contribution is -2.49. The van der Waals surface area contributed by atoms with Gasteiger partial charge in [-0.25, -0.2) is 9.97 Å². The molecule has 1 saturated heterocycles. The van der Waals surface area contributed by atoms with Crippen molar-refractivity contribution in [2.75, 3.05) is 31.1 Å². The van der Waals surface area contributed by atoms with Crippen LogP contribution in [0.5, 0.6) is 0 Å². The fourth-order valence-corrected chi connectivity index (χ4v) is 3.47. The van der Waals surface area contributed by atoms with Crippen LogP contribution in [-0.4, -0.2) is 61.9 Å². The average molecular weight is 379 g/mol. The van der Waals surface area contributed by atoms with Gasteiger partial charge in [-0.05, 0) is 25.0 Å². The van der Waals surface area contributed by atoms with Gasteiger partial charge in [0.05, 0.1) is 5.69 Å². The average Bonchev–Trinajstić information content (AvgIpc) is 3.12. The molecule has 1 amide bonds. The zero-order valence-corrected chi connectivity index (χ0v) is 16.5. The van der Waals surface area contributed by atoms with E-state index in [1.165, 1.54) is 5.56 Å². The fourth-order valence-electron chi connectivity index (χ4n) is 3.47. The number of hydrogen-bond donors (Lipinski definition) is 0. The highest BCUT2D eigenvalue weighted by Gasteiger charge is 2.25. The zero-order chi connectivity index (χ0) is 19.7. The fraction of sp³-hybridized carbons (Fsp3) is 0.450. The van der Waals surface area contributed by atoms with Gasteiger partial charge in [-0.15, -0.1) is 5.10 Å². The zero-order valence-electron chi connectivity index (χ0n) is 16.5. The summed E-state index contributed by atoms with van der Waals surface area (Å²) < 4.78 is 1.74. The number of amides is 1. The van der Waals surface area contributed by atoms with Crippen LogP contribution >= 0.6 is 0 Å². The third-order valence-corrected chi connectivity index (χ3v) is 5.01. The van der Waals surface area contributed by atoms with Crippen LogP contribution in [0.1, 0.15) is 25.8 Å². The van der Waals surface area contributed by atoms with Crippen molar-refractivity contribution in [2.24, 2.45) is 5.92 Å². The third-order valence-electron chi connectivity index (χ3n) is 5.01. The Bertz CT molecular complexity index is 972. The van der Waals surface area contributed by atoms with Gasteiger partial charge in [0.15, 0.2) is 17.0 Å². The Morgan fingerprint density at radius 3 is 2.46 bits per heavy atom. The van der Waals surface area contributed by atoms with Gasteiger partial charge in [0.25, 0.3) is 0 Å². The first-order chi connectivity index (χ1) is 13.5. The van der Waals surface area contributed by atoms with Crippen LogP contribution < -0.4 is 4.90 Å². The smallest absolute Gasteiger partial charge is 0.222 e. The normalized spacial score (nSPS) is 14.9. The number of rotatable bonds is 4. The van der Waals surface area contributed by atoms with Gasteiger partial charge in [0, 0.05) is 32.6 Å². The minimum absolute atomic E-state index is 0.229. The van der Waals surface area contributed by atoms with Crippen LogP contribution in [0.4, 0.5) is 5.82 Å². The molecule has 0 aliphatic carbocycles. The molecule has 1 fully saturated rings. The van der Waals surface area contributed by atoms with E-state index in [0.29, 0.717) is 36.6 Å². The minimum Gasteiger partial charge on any atom is -0.351 e. The molecule has 3 heterocycles. The van der Waals surface area contributed by atoms with E-state index in [2.05, 4.69) is 46.0 Å². The summed E-state index contributed by atoms with van der Waals surface area (Å²) in [7, 11) is 0. The van der Waals surface area contributed by atoms with Gasteiger partial charge in [-0.3, -0.25) is 4.79 Å². The number of piperazine rings is 1. The van der Waals surface area contributed by atoms with Crippen molar-refractivity contribution in [2.45, 2.75) is 27.2 Å². The molecule has 1 aliphatic rings. The summed E-state index contributed by atoms with van der Waals surface area (Å²) >= 11 is 0. The Kier molecular flexibility index (Phi) is 4.93. The van der Waals surface area contributed by atoms with Gasteiger partial charge in [-0.2, -0.15) is 4.68 Å². The summed E-state index contributed by atoms with van der Waals surface area (Å²) in [5.41, 5.74) is 3.48. The van der Waals surface area contributed by atoms with Crippen LogP contribution in [0.25, 0.3) is 16.9 Å². The highest BCUT2D eigenvalue weighted by atomic mass is 16.2. The van der Waals surface area contributed by atoms with Gasteiger partial charge < -0.3 is 9.80 Å². The van der Waals surface area contributed by atoms with Crippen molar-refractivity contribution in [1.29, 1.82) is 0 Å². The van der Waals surface area contributed by atoms with Gasteiger partial charge in [0.2, 0.25) is 5.91 Å². The maximum Gasteiger partial charge on any atom is 0.222 e. The molecule has 0 bridgehead atoms. The van der Waals surface area contributed by atoms with E-state index in [4.69, 9.17) is 0 Å². The molecule has 8 heteroatoms. The number of carbonyl (C=O) groups excluding carboxylic acids is 1. The Morgan fingerprint density at radius 1 is 1.07 bits per heavy atom. The maximum absolute atomic E-state index is 12.3. The molecule has 28 heavy (non-hydrogen) atoms. The van der Waals surface area contributed by atoms with Crippen molar-refractivity contribution in [3.8, 4) is 5.69 Å². The molecular weight excluding hydrogens is 354 g/mol. The predicted molar refractivity (Wildman–Crippen MR) is 107 cm³/mol. The summed E-state index contributed by atoms with van der Waals surface area (Å²) in [6.45, 7) is 9.05. The summed E-state index contributed by atoms with van der Waals surface area (Å²) in [4.78, 5) is 25.3. The molecular formula is C20H25N7O. The molecule has 0 atom stereocenters. The Morgan fingerprint density at radius 2 is 1.79 bits per heavy atom. The minimum atomic E-state index is 0.229. The summed E-state index contributed by atoms with van der Waals surface area (Å²) in [5.74, 6) is 1.39. The number of fused-ring (bicyclic) bond motifs is 1. The molecule has 0 radical (unpaired) electrons. The standard InChI is InChI=1S/C20H25N7O/c1-14(2)12-17(28)25-8-10-26(11-9-25)19-18-20(22-13-21-19)27(24-23-18)16-6-4-15(3)5-7-16/h4-7,13-14H,8-12H2,1-3H3. The molecule has 0 saturated carbocycles. The first-order valence-corrected chi connectivity index (χ1v) is 9.69. The predicted octanol–water partition coefficient (Wildman–Crippen LogP) is 2.21. The first-order valence-electron chi connectivity index (χ1n) is 9.69. The van der Waals surface area contributed by atoms with Crippen LogP contribution in [0, 0.1) is 12.8 Å². The lowest BCUT2D eigenvalue weighted by molar-refractivity contribution is -0.132. The molecule has 146 valence electrons. The largest absolute Gasteiger partial charge is 0.351 e. The highest BCUT2D eigenvalue weighted by molar-refractivity contribution is 5.84. The number of aryl methyl sites for hydroxylation is 1. The van der Waals surface area contributed by atoms with Gasteiger partial charge in [-0.1, -0.05) is 36.8 Å².